The Balaban J connectivity index is 2.20. The fraction of sp³-hybridized carbons (Fsp3) is 0.0667. The van der Waals surface area contributed by atoms with Gasteiger partial charge in [0.25, 0.3) is 0 Å². The number of methoxy groups -OCH3 is 1. The van der Waals surface area contributed by atoms with Crippen molar-refractivity contribution in [3.05, 3.63) is 53.8 Å². The molecule has 0 amide bonds. The fourth-order valence-electron chi connectivity index (χ4n) is 1.64. The zero-order chi connectivity index (χ0) is 14.5. The van der Waals surface area contributed by atoms with Gasteiger partial charge in [0.2, 0.25) is 0 Å². The highest BCUT2D eigenvalue weighted by atomic mass is 16.5. The maximum absolute atomic E-state index is 11.3. The van der Waals surface area contributed by atoms with Gasteiger partial charge in [0.05, 0.1) is 12.7 Å². The molecule has 0 spiro atoms. The Bertz CT molecular complexity index is 649. The molecule has 0 saturated carbocycles. The Hall–Kier alpha value is -2.82. The number of aliphatic carboxylic acids is 1. The van der Waals surface area contributed by atoms with Gasteiger partial charge in [0, 0.05) is 11.6 Å². The van der Waals surface area contributed by atoms with Gasteiger partial charge in [-0.25, -0.2) is 9.59 Å². The standard InChI is InChI=1S/C15H12O5/c1-19-15(18)11-4-2-10(3-5-11)13-8-6-12(20-13)7-9-14(16)17/h2-9H,1H3,(H,16,17)/b9-7+. The summed E-state index contributed by atoms with van der Waals surface area (Å²) in [5, 5.41) is 8.53. The average Bonchev–Trinajstić information content (AvgIpc) is 2.93. The molecule has 2 aromatic rings. The lowest BCUT2D eigenvalue weighted by Gasteiger charge is -2.00. The average molecular weight is 272 g/mol. The van der Waals surface area contributed by atoms with Crippen molar-refractivity contribution in [1.82, 2.24) is 0 Å². The van der Waals surface area contributed by atoms with E-state index in [9.17, 15) is 9.59 Å². The fourth-order valence-corrected chi connectivity index (χ4v) is 1.64. The van der Waals surface area contributed by atoms with E-state index in [1.165, 1.54) is 13.2 Å². The molecule has 0 bridgehead atoms. The lowest BCUT2D eigenvalue weighted by Crippen LogP contribution is -2.00. The molecule has 0 aliphatic heterocycles. The van der Waals surface area contributed by atoms with Crippen LogP contribution in [-0.4, -0.2) is 24.2 Å². The van der Waals surface area contributed by atoms with Crippen LogP contribution in [-0.2, 0) is 9.53 Å². The number of ether oxygens (including phenoxy) is 1. The first-order chi connectivity index (χ1) is 9.60. The summed E-state index contributed by atoms with van der Waals surface area (Å²) in [6, 6.07) is 10.1. The third kappa shape index (κ3) is 3.14. The Morgan fingerprint density at radius 3 is 2.45 bits per heavy atom. The smallest absolute Gasteiger partial charge is 0.337 e. The number of carboxylic acid groups (broad SMARTS) is 1. The van der Waals surface area contributed by atoms with Crippen LogP contribution in [0.1, 0.15) is 16.1 Å². The van der Waals surface area contributed by atoms with Gasteiger partial charge < -0.3 is 14.3 Å². The van der Waals surface area contributed by atoms with Crippen molar-refractivity contribution in [3.8, 4) is 11.3 Å². The normalized spacial score (nSPS) is 10.7. The highest BCUT2D eigenvalue weighted by molar-refractivity contribution is 5.89. The van der Waals surface area contributed by atoms with Crippen molar-refractivity contribution >= 4 is 18.0 Å². The maximum Gasteiger partial charge on any atom is 0.337 e. The summed E-state index contributed by atoms with van der Waals surface area (Å²) in [5.74, 6) is -0.405. The largest absolute Gasteiger partial charge is 0.478 e. The number of furan rings is 1. The van der Waals surface area contributed by atoms with Gasteiger partial charge in [-0.3, -0.25) is 0 Å². The first kappa shape index (κ1) is 13.6. The minimum atomic E-state index is -1.04. The van der Waals surface area contributed by atoms with E-state index in [2.05, 4.69) is 4.74 Å². The number of benzene rings is 1. The Labute approximate surface area is 115 Å². The third-order valence-corrected chi connectivity index (χ3v) is 2.61. The zero-order valence-corrected chi connectivity index (χ0v) is 10.7. The summed E-state index contributed by atoms with van der Waals surface area (Å²) in [6.45, 7) is 0. The highest BCUT2D eigenvalue weighted by Crippen LogP contribution is 2.23. The molecule has 0 radical (unpaired) electrons. The number of esters is 1. The second kappa shape index (κ2) is 5.88. The second-order valence-corrected chi connectivity index (χ2v) is 3.94. The van der Waals surface area contributed by atoms with E-state index < -0.39 is 11.9 Å². The molecule has 0 aliphatic rings. The summed E-state index contributed by atoms with van der Waals surface area (Å²) < 4.78 is 10.1. The molecular formula is C15H12O5. The highest BCUT2D eigenvalue weighted by Gasteiger charge is 2.07. The van der Waals surface area contributed by atoms with E-state index in [0.717, 1.165) is 11.6 Å². The zero-order valence-electron chi connectivity index (χ0n) is 10.7. The minimum Gasteiger partial charge on any atom is -0.478 e. The van der Waals surface area contributed by atoms with Gasteiger partial charge in [-0.1, -0.05) is 12.1 Å². The van der Waals surface area contributed by atoms with Gasteiger partial charge in [-0.2, -0.15) is 0 Å². The molecule has 0 fully saturated rings. The number of carboxylic acids is 1. The number of rotatable bonds is 4. The van der Waals surface area contributed by atoms with E-state index in [1.54, 1.807) is 36.4 Å². The topological polar surface area (TPSA) is 76.7 Å². The maximum atomic E-state index is 11.3. The van der Waals surface area contributed by atoms with Crippen molar-refractivity contribution in [2.24, 2.45) is 0 Å². The van der Waals surface area contributed by atoms with Crippen LogP contribution in [0.25, 0.3) is 17.4 Å². The predicted octanol–water partition coefficient (Wildman–Crippen LogP) is 2.83. The molecule has 0 atom stereocenters. The first-order valence-electron chi connectivity index (χ1n) is 5.80. The van der Waals surface area contributed by atoms with Gasteiger partial charge in [0.1, 0.15) is 11.5 Å². The Morgan fingerprint density at radius 2 is 1.85 bits per heavy atom. The first-order valence-corrected chi connectivity index (χ1v) is 5.80. The summed E-state index contributed by atoms with van der Waals surface area (Å²) >= 11 is 0. The molecule has 102 valence electrons. The summed E-state index contributed by atoms with van der Waals surface area (Å²) in [7, 11) is 1.32. The van der Waals surface area contributed by atoms with E-state index in [-0.39, 0.29) is 0 Å². The van der Waals surface area contributed by atoms with Gasteiger partial charge in [-0.15, -0.1) is 0 Å². The predicted molar refractivity (Wildman–Crippen MR) is 72.2 cm³/mol. The number of hydrogen-bond acceptors (Lipinski definition) is 4. The van der Waals surface area contributed by atoms with Crippen LogP contribution in [0.15, 0.2) is 46.9 Å². The van der Waals surface area contributed by atoms with Crippen LogP contribution < -0.4 is 0 Å². The number of carbonyl (C=O) groups is 2. The van der Waals surface area contributed by atoms with Crippen LogP contribution in [0.5, 0.6) is 0 Å². The van der Waals surface area contributed by atoms with Crippen molar-refractivity contribution in [2.45, 2.75) is 0 Å². The van der Waals surface area contributed by atoms with Crippen molar-refractivity contribution in [1.29, 1.82) is 0 Å². The van der Waals surface area contributed by atoms with Crippen LogP contribution in [0.4, 0.5) is 0 Å². The molecule has 1 aromatic carbocycles. The minimum absolute atomic E-state index is 0.402. The van der Waals surface area contributed by atoms with Gasteiger partial charge >= 0.3 is 11.9 Å². The molecular weight excluding hydrogens is 260 g/mol. The molecule has 0 aliphatic carbocycles. The van der Waals surface area contributed by atoms with Crippen molar-refractivity contribution in [2.75, 3.05) is 7.11 Å². The van der Waals surface area contributed by atoms with Crippen LogP contribution in [0, 0.1) is 0 Å². The molecule has 20 heavy (non-hydrogen) atoms. The van der Waals surface area contributed by atoms with Crippen LogP contribution in [0.3, 0.4) is 0 Å². The molecule has 2 rings (SSSR count). The summed E-state index contributed by atoms with van der Waals surface area (Å²) in [6.07, 6.45) is 2.37. The number of carbonyl (C=O) groups excluding carboxylic acids is 1. The second-order valence-electron chi connectivity index (χ2n) is 3.94. The molecule has 5 heteroatoms. The molecule has 1 heterocycles. The third-order valence-electron chi connectivity index (χ3n) is 2.61. The van der Waals surface area contributed by atoms with Crippen LogP contribution >= 0.6 is 0 Å². The summed E-state index contributed by atoms with van der Waals surface area (Å²) in [5.41, 5.74) is 1.24. The molecule has 0 unspecified atom stereocenters. The van der Waals surface area contributed by atoms with E-state index in [0.29, 0.717) is 17.1 Å². The van der Waals surface area contributed by atoms with Crippen LogP contribution in [0.2, 0.25) is 0 Å². The SMILES string of the molecule is COC(=O)c1ccc(-c2ccc(/C=C/C(=O)O)o2)cc1. The number of hydrogen-bond donors (Lipinski definition) is 1. The quantitative estimate of drug-likeness (QED) is 0.684. The molecule has 0 saturated heterocycles. The van der Waals surface area contributed by atoms with Crippen molar-refractivity contribution in [3.63, 3.8) is 0 Å². The molecule has 5 nitrogen and oxygen atoms in total. The van der Waals surface area contributed by atoms with E-state index in [1.807, 2.05) is 0 Å². The van der Waals surface area contributed by atoms with Gasteiger partial charge in [0.15, 0.2) is 0 Å². The summed E-state index contributed by atoms with van der Waals surface area (Å²) in [4.78, 5) is 21.7. The van der Waals surface area contributed by atoms with E-state index >= 15 is 0 Å². The monoisotopic (exact) mass is 272 g/mol. The Kier molecular flexibility index (Phi) is 4.00. The lowest BCUT2D eigenvalue weighted by atomic mass is 10.1. The van der Waals surface area contributed by atoms with Gasteiger partial charge in [-0.05, 0) is 30.3 Å². The van der Waals surface area contributed by atoms with Crippen molar-refractivity contribution < 1.29 is 23.8 Å². The molecule has 1 N–H and O–H groups in total. The molecule has 1 aromatic heterocycles. The van der Waals surface area contributed by atoms with E-state index in [4.69, 9.17) is 9.52 Å². The lowest BCUT2D eigenvalue weighted by molar-refractivity contribution is -0.131. The Morgan fingerprint density at radius 1 is 1.15 bits per heavy atom.